The Hall–Kier alpha value is -1.70. The lowest BCUT2D eigenvalue weighted by Crippen LogP contribution is -2.19. The van der Waals surface area contributed by atoms with E-state index in [9.17, 15) is 13.2 Å². The summed E-state index contributed by atoms with van der Waals surface area (Å²) in [5, 5.41) is 0. The van der Waals surface area contributed by atoms with Gasteiger partial charge in [0.25, 0.3) is 0 Å². The Labute approximate surface area is 83.0 Å². The molecule has 0 amide bonds. The number of aromatic nitrogens is 1. The highest BCUT2D eigenvalue weighted by Gasteiger charge is 2.32. The Bertz CT molecular complexity index is 366. The molecule has 0 unspecified atom stereocenters. The predicted molar refractivity (Wildman–Crippen MR) is 47.6 cm³/mol. The van der Waals surface area contributed by atoms with Crippen molar-refractivity contribution in [2.75, 3.05) is 11.5 Å². The highest BCUT2D eigenvalue weighted by atomic mass is 19.4. The van der Waals surface area contributed by atoms with Crippen LogP contribution in [-0.4, -0.2) is 11.3 Å². The number of ether oxygens (including phenoxy) is 1. The zero-order chi connectivity index (χ0) is 11.6. The van der Waals surface area contributed by atoms with Crippen molar-refractivity contribution in [1.82, 2.24) is 4.98 Å². The van der Waals surface area contributed by atoms with Gasteiger partial charge in [-0.1, -0.05) is 0 Å². The molecule has 0 spiro atoms. The average molecular weight is 222 g/mol. The van der Waals surface area contributed by atoms with Gasteiger partial charge < -0.3 is 21.9 Å². The second-order valence-corrected chi connectivity index (χ2v) is 2.65. The van der Waals surface area contributed by atoms with Gasteiger partial charge in [-0.3, -0.25) is 4.98 Å². The molecule has 0 aliphatic rings. The van der Waals surface area contributed by atoms with E-state index < -0.39 is 12.1 Å². The molecule has 1 aromatic heterocycles. The van der Waals surface area contributed by atoms with Gasteiger partial charge in [0.15, 0.2) is 5.75 Å². The number of halogens is 3. The largest absolute Gasteiger partial charge is 0.573 e. The number of rotatable bonds is 2. The van der Waals surface area contributed by atoms with E-state index in [0.717, 1.165) is 6.20 Å². The maximum atomic E-state index is 11.9. The molecule has 0 saturated carbocycles. The first kappa shape index (κ1) is 11.4. The number of nitrogen functional groups attached to an aromatic ring is 2. The minimum absolute atomic E-state index is 0.0116. The Morgan fingerprint density at radius 2 is 1.87 bits per heavy atom. The molecule has 0 aromatic carbocycles. The third-order valence-electron chi connectivity index (χ3n) is 1.62. The van der Waals surface area contributed by atoms with Crippen LogP contribution in [0, 0.1) is 0 Å². The van der Waals surface area contributed by atoms with Crippen LogP contribution in [0.15, 0.2) is 6.20 Å². The predicted octanol–water partition coefficient (Wildman–Crippen LogP) is 0.603. The van der Waals surface area contributed by atoms with Gasteiger partial charge in [-0.2, -0.15) is 0 Å². The summed E-state index contributed by atoms with van der Waals surface area (Å²) in [5.41, 5.74) is 15.8. The fraction of sp³-hybridized carbons (Fsp3) is 0.286. The molecule has 0 atom stereocenters. The molecule has 6 N–H and O–H groups in total. The normalized spacial score (nSPS) is 11.5. The van der Waals surface area contributed by atoms with E-state index in [4.69, 9.17) is 17.2 Å². The summed E-state index contributed by atoms with van der Waals surface area (Å²) in [6, 6.07) is 0. The summed E-state index contributed by atoms with van der Waals surface area (Å²) >= 11 is 0. The van der Waals surface area contributed by atoms with Crippen LogP contribution in [0.25, 0.3) is 0 Å². The van der Waals surface area contributed by atoms with Gasteiger partial charge in [-0.25, -0.2) is 0 Å². The molecule has 0 radical (unpaired) electrons. The van der Waals surface area contributed by atoms with E-state index in [1.54, 1.807) is 0 Å². The van der Waals surface area contributed by atoms with Crippen molar-refractivity contribution in [3.05, 3.63) is 11.9 Å². The fourth-order valence-electron chi connectivity index (χ4n) is 0.932. The summed E-state index contributed by atoms with van der Waals surface area (Å²) in [6.45, 7) is -0.0116. The minimum atomic E-state index is -4.83. The highest BCUT2D eigenvalue weighted by molar-refractivity contribution is 5.72. The van der Waals surface area contributed by atoms with Gasteiger partial charge in [-0.05, 0) is 0 Å². The number of pyridine rings is 1. The topological polar surface area (TPSA) is 100 Å². The Morgan fingerprint density at radius 3 is 2.33 bits per heavy atom. The van der Waals surface area contributed by atoms with Crippen molar-refractivity contribution in [2.45, 2.75) is 12.9 Å². The van der Waals surface area contributed by atoms with Gasteiger partial charge in [0, 0.05) is 6.54 Å². The third-order valence-corrected chi connectivity index (χ3v) is 1.62. The van der Waals surface area contributed by atoms with Crippen LogP contribution in [0.4, 0.5) is 24.5 Å². The van der Waals surface area contributed by atoms with Crippen molar-refractivity contribution in [1.29, 1.82) is 0 Å². The lowest BCUT2D eigenvalue weighted by atomic mass is 10.2. The quantitative estimate of drug-likeness (QED) is 0.680. The number of hydrogen-bond acceptors (Lipinski definition) is 5. The minimum Gasteiger partial charge on any atom is -0.402 e. The molecule has 84 valence electrons. The maximum Gasteiger partial charge on any atom is 0.573 e. The SMILES string of the molecule is NCc1ncc(OC(F)(F)F)c(N)c1N. The number of hydrogen-bond donors (Lipinski definition) is 3. The third kappa shape index (κ3) is 2.62. The first-order valence-electron chi connectivity index (χ1n) is 3.83. The van der Waals surface area contributed by atoms with E-state index in [1.807, 2.05) is 0 Å². The zero-order valence-corrected chi connectivity index (χ0v) is 7.51. The van der Waals surface area contributed by atoms with Gasteiger partial charge >= 0.3 is 6.36 Å². The van der Waals surface area contributed by atoms with E-state index in [2.05, 4.69) is 9.72 Å². The van der Waals surface area contributed by atoms with Crippen molar-refractivity contribution < 1.29 is 17.9 Å². The summed E-state index contributed by atoms with van der Waals surface area (Å²) in [7, 11) is 0. The average Bonchev–Trinajstić information content (AvgIpc) is 2.11. The molecule has 8 heteroatoms. The molecule has 1 aromatic rings. The number of anilines is 2. The Kier molecular flexibility index (Phi) is 2.89. The van der Waals surface area contributed by atoms with E-state index in [0.29, 0.717) is 0 Å². The van der Waals surface area contributed by atoms with Crippen molar-refractivity contribution >= 4 is 11.4 Å². The summed E-state index contributed by atoms with van der Waals surface area (Å²) < 4.78 is 39.2. The van der Waals surface area contributed by atoms with E-state index >= 15 is 0 Å². The summed E-state index contributed by atoms with van der Waals surface area (Å²) in [5.74, 6) is -0.628. The standard InChI is InChI=1S/C7H9F3N4O/c8-7(9,10)15-4-2-14-3(1-11)5(12)6(4)13/h2H,1,11-12H2,(H2,13,14). The van der Waals surface area contributed by atoms with Crippen molar-refractivity contribution in [2.24, 2.45) is 5.73 Å². The lowest BCUT2D eigenvalue weighted by molar-refractivity contribution is -0.274. The van der Waals surface area contributed by atoms with Crippen LogP contribution in [0.1, 0.15) is 5.69 Å². The highest BCUT2D eigenvalue weighted by Crippen LogP contribution is 2.32. The maximum absolute atomic E-state index is 11.9. The molecule has 15 heavy (non-hydrogen) atoms. The zero-order valence-electron chi connectivity index (χ0n) is 7.51. The number of nitrogens with two attached hydrogens (primary N) is 3. The van der Waals surface area contributed by atoms with Crippen LogP contribution in [0.2, 0.25) is 0 Å². The second kappa shape index (κ2) is 3.81. The van der Waals surface area contributed by atoms with Crippen molar-refractivity contribution in [3.63, 3.8) is 0 Å². The van der Waals surface area contributed by atoms with Crippen LogP contribution >= 0.6 is 0 Å². The first-order valence-corrected chi connectivity index (χ1v) is 3.83. The van der Waals surface area contributed by atoms with Crippen LogP contribution in [-0.2, 0) is 6.54 Å². The van der Waals surface area contributed by atoms with Gasteiger partial charge in [0.2, 0.25) is 0 Å². The summed E-state index contributed by atoms with van der Waals surface area (Å²) in [6.07, 6.45) is -3.99. The monoisotopic (exact) mass is 222 g/mol. The molecular weight excluding hydrogens is 213 g/mol. The van der Waals surface area contributed by atoms with E-state index in [-0.39, 0.29) is 23.6 Å². The van der Waals surface area contributed by atoms with Gasteiger partial charge in [0.1, 0.15) is 5.69 Å². The number of alkyl halides is 3. The van der Waals surface area contributed by atoms with Crippen LogP contribution < -0.4 is 21.9 Å². The second-order valence-electron chi connectivity index (χ2n) is 2.65. The van der Waals surface area contributed by atoms with E-state index in [1.165, 1.54) is 0 Å². The molecule has 0 aliphatic carbocycles. The molecule has 1 heterocycles. The Balaban J connectivity index is 3.07. The first-order chi connectivity index (χ1) is 6.85. The Morgan fingerprint density at radius 1 is 1.27 bits per heavy atom. The molecular formula is C7H9F3N4O. The molecule has 0 saturated heterocycles. The number of nitrogens with zero attached hydrogens (tertiary/aromatic N) is 1. The molecule has 0 aliphatic heterocycles. The van der Waals surface area contributed by atoms with Gasteiger partial charge in [0.05, 0.1) is 17.6 Å². The van der Waals surface area contributed by atoms with Crippen molar-refractivity contribution in [3.8, 4) is 5.75 Å². The fourth-order valence-corrected chi connectivity index (χ4v) is 0.932. The smallest absolute Gasteiger partial charge is 0.402 e. The molecule has 1 rings (SSSR count). The molecule has 5 nitrogen and oxygen atoms in total. The molecule has 0 bridgehead atoms. The lowest BCUT2D eigenvalue weighted by Gasteiger charge is -2.13. The van der Waals surface area contributed by atoms with Gasteiger partial charge in [-0.15, -0.1) is 13.2 Å². The van der Waals surface area contributed by atoms with Crippen LogP contribution in [0.5, 0.6) is 5.75 Å². The summed E-state index contributed by atoms with van der Waals surface area (Å²) in [4.78, 5) is 3.59. The van der Waals surface area contributed by atoms with Crippen LogP contribution in [0.3, 0.4) is 0 Å². The molecule has 0 fully saturated rings.